The monoisotopic (exact) mass is 507 g/mol. The Balaban J connectivity index is 1.35. The zero-order valence-corrected chi connectivity index (χ0v) is 21.3. The van der Waals surface area contributed by atoms with E-state index in [1.165, 1.54) is 12.1 Å². The lowest BCUT2D eigenvalue weighted by atomic mass is 10.1. The number of hydrogen-bond acceptors (Lipinski definition) is 5. The second kappa shape index (κ2) is 11.9. The molecule has 1 saturated heterocycles. The van der Waals surface area contributed by atoms with Crippen LogP contribution < -0.4 is 19.7 Å². The number of carbonyl (C=O) groups excluding carboxylic acids is 1. The number of carbonyl (C=O) groups is 1. The highest BCUT2D eigenvalue weighted by molar-refractivity contribution is 7.80. The molecule has 3 aromatic rings. The van der Waals surface area contributed by atoms with Crippen molar-refractivity contribution in [2.24, 2.45) is 0 Å². The Labute approximate surface area is 216 Å². The maximum atomic E-state index is 13.2. The molecule has 1 fully saturated rings. The van der Waals surface area contributed by atoms with E-state index in [0.29, 0.717) is 18.1 Å². The highest BCUT2D eigenvalue weighted by Gasteiger charge is 2.21. The summed E-state index contributed by atoms with van der Waals surface area (Å²) in [5.41, 5.74) is 3.71. The summed E-state index contributed by atoms with van der Waals surface area (Å²) < 4.78 is 24.8. The maximum Gasteiger partial charge on any atom is 0.262 e. The summed E-state index contributed by atoms with van der Waals surface area (Å²) in [4.78, 5) is 17.5. The lowest BCUT2D eigenvalue weighted by Crippen LogP contribution is -2.48. The van der Waals surface area contributed by atoms with Crippen LogP contribution in [0, 0.1) is 12.7 Å². The summed E-state index contributed by atoms with van der Waals surface area (Å²) in [6, 6.07) is 19.7. The quantitative estimate of drug-likeness (QED) is 0.431. The number of nitrogens with one attached hydrogen (secondary N) is 1. The van der Waals surface area contributed by atoms with E-state index in [1.807, 2.05) is 50.2 Å². The van der Waals surface area contributed by atoms with Gasteiger partial charge in [-0.3, -0.25) is 4.79 Å². The Hall–Kier alpha value is -3.65. The average Bonchev–Trinajstić information content (AvgIpc) is 2.89. The van der Waals surface area contributed by atoms with Crippen LogP contribution in [-0.2, 0) is 4.79 Å². The van der Waals surface area contributed by atoms with Gasteiger partial charge in [0.05, 0.1) is 6.61 Å². The van der Waals surface area contributed by atoms with Gasteiger partial charge in [-0.15, -0.1) is 0 Å². The molecule has 188 valence electrons. The summed E-state index contributed by atoms with van der Waals surface area (Å²) in [7, 11) is 0. The third-order valence-electron chi connectivity index (χ3n) is 5.94. The number of benzene rings is 3. The molecule has 4 rings (SSSR count). The minimum atomic E-state index is -0.250. The number of piperazine rings is 1. The number of rotatable bonds is 8. The van der Waals surface area contributed by atoms with Crippen molar-refractivity contribution in [2.45, 2.75) is 13.8 Å². The molecule has 1 aliphatic heterocycles. The summed E-state index contributed by atoms with van der Waals surface area (Å²) in [6.45, 7) is 7.32. The molecule has 0 aliphatic carbocycles. The lowest BCUT2D eigenvalue weighted by molar-refractivity contribution is -0.118. The molecule has 0 aromatic heterocycles. The fourth-order valence-electron chi connectivity index (χ4n) is 4.01. The number of hydrogen-bond donors (Lipinski definition) is 1. The molecule has 1 N–H and O–H groups in total. The SMILES string of the molecule is CCOc1cc(C(=S)N2CCN(c3ccc(F)cc3)CC2)ccc1OCC(=O)Nc1ccc(C)cc1. The predicted octanol–water partition coefficient (Wildman–Crippen LogP) is 5.05. The smallest absolute Gasteiger partial charge is 0.262 e. The molecule has 0 saturated carbocycles. The normalized spacial score (nSPS) is 13.3. The Bertz CT molecular complexity index is 1190. The van der Waals surface area contributed by atoms with Gasteiger partial charge < -0.3 is 24.6 Å². The molecule has 8 heteroatoms. The molecule has 1 aliphatic rings. The van der Waals surface area contributed by atoms with Crippen LogP contribution in [-0.4, -0.2) is 55.2 Å². The van der Waals surface area contributed by atoms with Gasteiger partial charge in [-0.05, 0) is 68.4 Å². The first-order valence-corrected chi connectivity index (χ1v) is 12.4. The highest BCUT2D eigenvalue weighted by atomic mass is 32.1. The predicted molar refractivity (Wildman–Crippen MR) is 145 cm³/mol. The Morgan fingerprint density at radius 2 is 1.64 bits per heavy atom. The first kappa shape index (κ1) is 25.4. The average molecular weight is 508 g/mol. The van der Waals surface area contributed by atoms with E-state index < -0.39 is 0 Å². The Kier molecular flexibility index (Phi) is 8.38. The molecule has 1 amide bonds. The van der Waals surface area contributed by atoms with Crippen LogP contribution in [0.15, 0.2) is 66.7 Å². The van der Waals surface area contributed by atoms with E-state index in [4.69, 9.17) is 21.7 Å². The van der Waals surface area contributed by atoms with Crippen LogP contribution in [0.4, 0.5) is 15.8 Å². The van der Waals surface area contributed by atoms with Crippen LogP contribution in [0.1, 0.15) is 18.1 Å². The van der Waals surface area contributed by atoms with E-state index in [9.17, 15) is 9.18 Å². The maximum absolute atomic E-state index is 13.2. The first-order valence-electron chi connectivity index (χ1n) is 12.0. The molecular formula is C28H30FN3O3S. The van der Waals surface area contributed by atoms with Gasteiger partial charge in [0.15, 0.2) is 18.1 Å². The standard InChI is InChI=1S/C28H30FN3O3S/c1-3-34-26-18-21(6-13-25(26)35-19-27(33)30-23-9-4-20(2)5-10-23)28(36)32-16-14-31(15-17-32)24-11-7-22(29)8-12-24/h4-13,18H,3,14-17,19H2,1-2H3,(H,30,33). The van der Waals surface area contributed by atoms with Gasteiger partial charge >= 0.3 is 0 Å². The molecule has 1 heterocycles. The van der Waals surface area contributed by atoms with Gasteiger partial charge in [-0.2, -0.15) is 0 Å². The molecule has 0 unspecified atom stereocenters. The Morgan fingerprint density at radius 1 is 0.944 bits per heavy atom. The van der Waals surface area contributed by atoms with Gasteiger partial charge in [-0.25, -0.2) is 4.39 Å². The van der Waals surface area contributed by atoms with Crippen molar-refractivity contribution in [2.75, 3.05) is 49.6 Å². The molecule has 3 aromatic carbocycles. The molecule has 0 atom stereocenters. The minimum absolute atomic E-state index is 0.136. The number of amides is 1. The van der Waals surface area contributed by atoms with Crippen LogP contribution in [0.3, 0.4) is 0 Å². The van der Waals surface area contributed by atoms with Crippen molar-refractivity contribution in [1.82, 2.24) is 4.90 Å². The van der Waals surface area contributed by atoms with E-state index >= 15 is 0 Å². The topological polar surface area (TPSA) is 54.0 Å². The Morgan fingerprint density at radius 3 is 2.31 bits per heavy atom. The van der Waals surface area contributed by atoms with Gasteiger partial charge in [0.1, 0.15) is 10.8 Å². The van der Waals surface area contributed by atoms with Crippen molar-refractivity contribution in [3.05, 3.63) is 83.7 Å². The number of aryl methyl sites for hydroxylation is 1. The number of ether oxygens (including phenoxy) is 2. The number of thiocarbonyl (C=S) groups is 1. The minimum Gasteiger partial charge on any atom is -0.490 e. The van der Waals surface area contributed by atoms with Crippen molar-refractivity contribution in [3.8, 4) is 11.5 Å². The van der Waals surface area contributed by atoms with Crippen molar-refractivity contribution < 1.29 is 18.7 Å². The third kappa shape index (κ3) is 6.51. The zero-order chi connectivity index (χ0) is 25.5. The van der Waals surface area contributed by atoms with Crippen LogP contribution in [0.25, 0.3) is 0 Å². The summed E-state index contributed by atoms with van der Waals surface area (Å²) in [5, 5.41) is 2.83. The summed E-state index contributed by atoms with van der Waals surface area (Å²) in [5.74, 6) is 0.553. The molecule has 36 heavy (non-hydrogen) atoms. The molecular weight excluding hydrogens is 477 g/mol. The van der Waals surface area contributed by atoms with Crippen molar-refractivity contribution >= 4 is 34.5 Å². The highest BCUT2D eigenvalue weighted by Crippen LogP contribution is 2.30. The number of halogens is 1. The molecule has 6 nitrogen and oxygen atoms in total. The summed E-state index contributed by atoms with van der Waals surface area (Å²) in [6.07, 6.45) is 0. The molecule has 0 bridgehead atoms. The van der Waals surface area contributed by atoms with Gasteiger partial charge in [0, 0.05) is 43.1 Å². The largest absolute Gasteiger partial charge is 0.490 e. The fraction of sp³-hybridized carbons (Fsp3) is 0.286. The zero-order valence-electron chi connectivity index (χ0n) is 20.5. The van der Waals surface area contributed by atoms with E-state index in [1.54, 1.807) is 18.2 Å². The molecule has 0 radical (unpaired) electrons. The van der Waals surface area contributed by atoms with Crippen LogP contribution in [0.2, 0.25) is 0 Å². The van der Waals surface area contributed by atoms with Gasteiger partial charge in [0.25, 0.3) is 5.91 Å². The third-order valence-corrected chi connectivity index (χ3v) is 6.44. The van der Waals surface area contributed by atoms with E-state index in [-0.39, 0.29) is 18.3 Å². The van der Waals surface area contributed by atoms with E-state index in [2.05, 4.69) is 15.1 Å². The van der Waals surface area contributed by atoms with Gasteiger partial charge in [0.2, 0.25) is 0 Å². The second-order valence-corrected chi connectivity index (χ2v) is 8.94. The first-order chi connectivity index (χ1) is 17.4. The van der Waals surface area contributed by atoms with Crippen molar-refractivity contribution in [1.29, 1.82) is 0 Å². The second-order valence-electron chi connectivity index (χ2n) is 8.55. The van der Waals surface area contributed by atoms with Crippen molar-refractivity contribution in [3.63, 3.8) is 0 Å². The van der Waals surface area contributed by atoms with Crippen LogP contribution >= 0.6 is 12.2 Å². The fourth-order valence-corrected chi connectivity index (χ4v) is 4.32. The van der Waals surface area contributed by atoms with E-state index in [0.717, 1.165) is 53.7 Å². The van der Waals surface area contributed by atoms with Gasteiger partial charge in [-0.1, -0.05) is 29.9 Å². The lowest BCUT2D eigenvalue weighted by Gasteiger charge is -2.37. The molecule has 0 spiro atoms. The number of anilines is 2. The van der Waals surface area contributed by atoms with Crippen LogP contribution in [0.5, 0.6) is 11.5 Å². The number of nitrogens with zero attached hydrogens (tertiary/aromatic N) is 2. The summed E-state index contributed by atoms with van der Waals surface area (Å²) >= 11 is 5.79.